The van der Waals surface area contributed by atoms with Crippen LogP contribution in [0.3, 0.4) is 0 Å². The van der Waals surface area contributed by atoms with Crippen molar-refractivity contribution >= 4 is 50.0 Å². The standard InChI is InChI=1S/C11H14BrClN2O3S.ClH/c1-18-11-9(12)4-7(13)5-10(11)19(16,17)15-8-2-3-14-6-8;/h4-5,8,14-15H,2-3,6H2,1H3;1H. The smallest absolute Gasteiger partial charge is 0.244 e. The fourth-order valence-corrected chi connectivity index (χ4v) is 4.63. The van der Waals surface area contributed by atoms with Crippen molar-refractivity contribution in [3.05, 3.63) is 21.6 Å². The van der Waals surface area contributed by atoms with Crippen LogP contribution in [0.15, 0.2) is 21.5 Å². The molecule has 2 N–H and O–H groups in total. The number of halogens is 3. The summed E-state index contributed by atoms with van der Waals surface area (Å²) >= 11 is 9.16. The Hall–Kier alpha value is -0.0500. The third-order valence-corrected chi connectivity index (χ3v) is 5.18. The van der Waals surface area contributed by atoms with Gasteiger partial charge in [0.15, 0.2) is 5.75 Å². The quantitative estimate of drug-likeness (QED) is 0.805. The first kappa shape index (κ1) is 18.0. The highest BCUT2D eigenvalue weighted by atomic mass is 79.9. The molecule has 2 rings (SSSR count). The summed E-state index contributed by atoms with van der Waals surface area (Å²) in [4.78, 5) is 0.0428. The monoisotopic (exact) mass is 404 g/mol. The minimum Gasteiger partial charge on any atom is -0.494 e. The van der Waals surface area contributed by atoms with Crippen LogP contribution in [0, 0.1) is 0 Å². The largest absolute Gasteiger partial charge is 0.494 e. The zero-order valence-electron chi connectivity index (χ0n) is 10.7. The molecule has 114 valence electrons. The molecule has 1 aliphatic heterocycles. The average Bonchev–Trinajstić information content (AvgIpc) is 2.80. The first-order valence-corrected chi connectivity index (χ1v) is 8.35. The molecule has 1 unspecified atom stereocenters. The topological polar surface area (TPSA) is 67.4 Å². The van der Waals surface area contributed by atoms with E-state index >= 15 is 0 Å². The molecule has 1 heterocycles. The number of sulfonamides is 1. The Balaban J connectivity index is 0.00000200. The maximum absolute atomic E-state index is 12.4. The molecule has 1 aliphatic rings. The van der Waals surface area contributed by atoms with Crippen molar-refractivity contribution in [1.82, 2.24) is 10.0 Å². The predicted octanol–water partition coefficient (Wildman–Crippen LogP) is 2.17. The summed E-state index contributed by atoms with van der Waals surface area (Å²) in [7, 11) is -2.24. The molecule has 0 radical (unpaired) electrons. The van der Waals surface area contributed by atoms with Gasteiger partial charge < -0.3 is 10.1 Å². The first-order valence-electron chi connectivity index (χ1n) is 5.70. The van der Waals surface area contributed by atoms with Gasteiger partial charge in [-0.15, -0.1) is 12.4 Å². The van der Waals surface area contributed by atoms with Crippen molar-refractivity contribution in [2.75, 3.05) is 20.2 Å². The Morgan fingerprint density at radius 3 is 2.75 bits per heavy atom. The van der Waals surface area contributed by atoms with Gasteiger partial charge in [-0.2, -0.15) is 0 Å². The van der Waals surface area contributed by atoms with Crippen molar-refractivity contribution in [1.29, 1.82) is 0 Å². The fraction of sp³-hybridized carbons (Fsp3) is 0.455. The van der Waals surface area contributed by atoms with Crippen molar-refractivity contribution in [3.8, 4) is 5.75 Å². The van der Waals surface area contributed by atoms with Gasteiger partial charge in [-0.3, -0.25) is 0 Å². The van der Waals surface area contributed by atoms with Gasteiger partial charge in [0.1, 0.15) is 4.90 Å². The Morgan fingerprint density at radius 2 is 2.20 bits per heavy atom. The highest BCUT2D eigenvalue weighted by molar-refractivity contribution is 9.10. The molecule has 1 aromatic carbocycles. The second kappa shape index (κ2) is 7.29. The third-order valence-electron chi connectivity index (χ3n) is 2.85. The van der Waals surface area contributed by atoms with E-state index in [9.17, 15) is 8.42 Å². The molecule has 0 amide bonds. The van der Waals surface area contributed by atoms with Gasteiger partial charge in [0, 0.05) is 17.6 Å². The summed E-state index contributed by atoms with van der Waals surface area (Å²) in [5.41, 5.74) is 0. The summed E-state index contributed by atoms with van der Waals surface area (Å²) < 4.78 is 33.0. The number of nitrogens with one attached hydrogen (secondary N) is 2. The number of hydrogen-bond donors (Lipinski definition) is 2. The van der Waals surface area contributed by atoms with Crippen molar-refractivity contribution in [2.24, 2.45) is 0 Å². The Labute approximate surface area is 138 Å². The lowest BCUT2D eigenvalue weighted by Gasteiger charge is -2.15. The van der Waals surface area contributed by atoms with Crippen molar-refractivity contribution in [2.45, 2.75) is 17.4 Å². The molecule has 0 aliphatic carbocycles. The lowest BCUT2D eigenvalue weighted by Crippen LogP contribution is -2.36. The van der Waals surface area contributed by atoms with E-state index in [0.717, 1.165) is 13.0 Å². The van der Waals surface area contributed by atoms with E-state index < -0.39 is 10.0 Å². The van der Waals surface area contributed by atoms with Crippen LogP contribution in [0.5, 0.6) is 5.75 Å². The highest BCUT2D eigenvalue weighted by Crippen LogP contribution is 2.35. The van der Waals surface area contributed by atoms with E-state index in [1.807, 2.05) is 0 Å². The first-order chi connectivity index (χ1) is 8.94. The zero-order chi connectivity index (χ0) is 14.0. The predicted molar refractivity (Wildman–Crippen MR) is 84.5 cm³/mol. The van der Waals surface area contributed by atoms with Gasteiger partial charge >= 0.3 is 0 Å². The Morgan fingerprint density at radius 1 is 1.50 bits per heavy atom. The molecular formula is C11H15BrCl2N2O3S. The maximum Gasteiger partial charge on any atom is 0.244 e. The van der Waals surface area contributed by atoms with E-state index in [0.29, 0.717) is 16.0 Å². The van der Waals surface area contributed by atoms with Gasteiger partial charge in [0.05, 0.1) is 11.6 Å². The average molecular weight is 406 g/mol. The van der Waals surface area contributed by atoms with E-state index in [4.69, 9.17) is 16.3 Å². The minimum atomic E-state index is -3.66. The SMILES string of the molecule is COc1c(Br)cc(Cl)cc1S(=O)(=O)NC1CCNC1.Cl. The number of hydrogen-bond acceptors (Lipinski definition) is 4. The number of ether oxygens (including phenoxy) is 1. The fourth-order valence-electron chi connectivity index (χ4n) is 1.97. The second-order valence-corrected chi connectivity index (χ2v) is 7.20. The Bertz CT molecular complexity index is 577. The van der Waals surface area contributed by atoms with Gasteiger partial charge in [0.2, 0.25) is 10.0 Å². The molecule has 1 saturated heterocycles. The minimum absolute atomic E-state index is 0. The van der Waals surface area contributed by atoms with Crippen LogP contribution in [-0.2, 0) is 10.0 Å². The van der Waals surface area contributed by atoms with Crippen LogP contribution in [0.25, 0.3) is 0 Å². The molecule has 20 heavy (non-hydrogen) atoms. The summed E-state index contributed by atoms with van der Waals surface area (Å²) in [6, 6.07) is 2.87. The summed E-state index contributed by atoms with van der Waals surface area (Å²) in [6.07, 6.45) is 0.767. The van der Waals surface area contributed by atoms with Crippen LogP contribution in [0.2, 0.25) is 5.02 Å². The lowest BCUT2D eigenvalue weighted by atomic mass is 10.3. The maximum atomic E-state index is 12.4. The molecule has 5 nitrogen and oxygen atoms in total. The van der Waals surface area contributed by atoms with E-state index in [-0.39, 0.29) is 29.1 Å². The van der Waals surface area contributed by atoms with E-state index in [1.165, 1.54) is 13.2 Å². The van der Waals surface area contributed by atoms with Crippen LogP contribution < -0.4 is 14.8 Å². The van der Waals surface area contributed by atoms with Gasteiger partial charge in [-0.05, 0) is 41.0 Å². The van der Waals surface area contributed by atoms with Gasteiger partial charge in [0.25, 0.3) is 0 Å². The van der Waals surface area contributed by atoms with Crippen LogP contribution >= 0.6 is 39.9 Å². The zero-order valence-corrected chi connectivity index (χ0v) is 14.6. The molecule has 0 spiro atoms. The third kappa shape index (κ3) is 3.99. The molecule has 0 saturated carbocycles. The van der Waals surface area contributed by atoms with Gasteiger partial charge in [-0.25, -0.2) is 13.1 Å². The summed E-state index contributed by atoms with van der Waals surface area (Å²) in [6.45, 7) is 1.44. The highest BCUT2D eigenvalue weighted by Gasteiger charge is 2.27. The normalized spacial score (nSPS) is 18.6. The summed E-state index contributed by atoms with van der Waals surface area (Å²) in [5, 5.41) is 3.44. The second-order valence-electron chi connectivity index (χ2n) is 4.23. The Kier molecular flexibility index (Phi) is 6.56. The molecule has 9 heteroatoms. The van der Waals surface area contributed by atoms with Gasteiger partial charge in [-0.1, -0.05) is 11.6 Å². The number of methoxy groups -OCH3 is 1. The van der Waals surface area contributed by atoms with Crippen LogP contribution in [-0.4, -0.2) is 34.7 Å². The molecule has 1 aromatic rings. The molecule has 1 atom stereocenters. The van der Waals surface area contributed by atoms with E-state index in [1.54, 1.807) is 6.07 Å². The lowest BCUT2D eigenvalue weighted by molar-refractivity contribution is 0.399. The van der Waals surface area contributed by atoms with Crippen LogP contribution in [0.1, 0.15) is 6.42 Å². The number of rotatable bonds is 4. The summed E-state index contributed by atoms with van der Waals surface area (Å²) in [5.74, 6) is 0.253. The van der Waals surface area contributed by atoms with Crippen molar-refractivity contribution in [3.63, 3.8) is 0 Å². The van der Waals surface area contributed by atoms with E-state index in [2.05, 4.69) is 26.0 Å². The molecule has 0 bridgehead atoms. The number of benzene rings is 1. The van der Waals surface area contributed by atoms with Crippen LogP contribution in [0.4, 0.5) is 0 Å². The molecule has 0 aromatic heterocycles. The molecule has 1 fully saturated rings. The molecular weight excluding hydrogens is 391 g/mol. The van der Waals surface area contributed by atoms with Crippen molar-refractivity contribution < 1.29 is 13.2 Å².